The number of carbonyl (C=O) groups excluding carboxylic acids is 1. The van der Waals surface area contributed by atoms with Gasteiger partial charge in [0.2, 0.25) is 0 Å². The minimum Gasteiger partial charge on any atom is -0.481 e. The van der Waals surface area contributed by atoms with Crippen LogP contribution >= 0.6 is 0 Å². The van der Waals surface area contributed by atoms with Crippen molar-refractivity contribution in [3.8, 4) is 0 Å². The Hall–Kier alpha value is -1.93. The summed E-state index contributed by atoms with van der Waals surface area (Å²) in [7, 11) is 1.29. The average Bonchev–Trinajstić information content (AvgIpc) is 2.53. The number of benzene rings is 1. The van der Waals surface area contributed by atoms with E-state index in [-0.39, 0.29) is 11.8 Å². The highest BCUT2D eigenvalue weighted by atomic mass is 32.2. The first kappa shape index (κ1) is 17.4. The number of rotatable bonds is 4. The lowest BCUT2D eigenvalue weighted by Crippen LogP contribution is -2.42. The van der Waals surface area contributed by atoms with Crippen LogP contribution in [0.3, 0.4) is 0 Å². The fraction of sp³-hybridized carbons (Fsp3) is 0.467. The molecule has 1 amide bonds. The molecule has 7 nitrogen and oxygen atoms in total. The van der Waals surface area contributed by atoms with Crippen molar-refractivity contribution in [2.75, 3.05) is 13.7 Å². The lowest BCUT2D eigenvalue weighted by atomic mass is 9.87. The van der Waals surface area contributed by atoms with Crippen molar-refractivity contribution in [3.63, 3.8) is 0 Å². The lowest BCUT2D eigenvalue weighted by Gasteiger charge is -2.37. The van der Waals surface area contributed by atoms with Crippen molar-refractivity contribution >= 4 is 23.1 Å². The van der Waals surface area contributed by atoms with Gasteiger partial charge >= 0.3 is 12.1 Å². The highest BCUT2D eigenvalue weighted by molar-refractivity contribution is 7.78. The summed E-state index contributed by atoms with van der Waals surface area (Å²) in [6.45, 7) is 0.316. The molecular formula is C15H19NO6S. The van der Waals surface area contributed by atoms with Gasteiger partial charge in [0.25, 0.3) is 0 Å². The smallest absolute Gasteiger partial charge is 0.409 e. The van der Waals surface area contributed by atoms with Crippen molar-refractivity contribution in [2.45, 2.75) is 24.6 Å². The molecule has 126 valence electrons. The van der Waals surface area contributed by atoms with Crippen LogP contribution in [0.5, 0.6) is 0 Å². The van der Waals surface area contributed by atoms with Gasteiger partial charge in [-0.3, -0.25) is 4.79 Å². The van der Waals surface area contributed by atoms with Gasteiger partial charge in [-0.15, -0.1) is 0 Å². The standard InChI is InChI=1S/C15H19NO6S/c1-22-15(19)16-7-6-12(14(17)18)8-13(16)11-4-2-10(3-5-11)9-23(20)21/h2-5,12-13H,6-9H2,1H3,(H,17,18)(H,20,21). The molecule has 0 bridgehead atoms. The van der Waals surface area contributed by atoms with Crippen LogP contribution in [0.25, 0.3) is 0 Å². The maximum Gasteiger partial charge on any atom is 0.409 e. The van der Waals surface area contributed by atoms with Gasteiger partial charge in [0, 0.05) is 6.54 Å². The van der Waals surface area contributed by atoms with Crippen molar-refractivity contribution in [3.05, 3.63) is 35.4 Å². The second-order valence-electron chi connectivity index (χ2n) is 5.45. The van der Waals surface area contributed by atoms with Crippen molar-refractivity contribution in [1.29, 1.82) is 0 Å². The number of carbonyl (C=O) groups is 2. The Morgan fingerprint density at radius 1 is 1.35 bits per heavy atom. The molecule has 0 radical (unpaired) electrons. The van der Waals surface area contributed by atoms with Gasteiger partial charge in [-0.05, 0) is 24.0 Å². The van der Waals surface area contributed by atoms with E-state index < -0.39 is 29.1 Å². The molecule has 2 rings (SSSR count). The molecule has 3 atom stereocenters. The van der Waals surface area contributed by atoms with Crippen molar-refractivity contribution < 1.29 is 28.2 Å². The van der Waals surface area contributed by atoms with Crippen LogP contribution in [0.15, 0.2) is 24.3 Å². The first-order chi connectivity index (χ1) is 10.9. The molecule has 23 heavy (non-hydrogen) atoms. The van der Waals surface area contributed by atoms with E-state index in [1.165, 1.54) is 12.0 Å². The summed E-state index contributed by atoms with van der Waals surface area (Å²) in [5.41, 5.74) is 1.48. The molecule has 1 aromatic rings. The zero-order valence-electron chi connectivity index (χ0n) is 12.7. The fourth-order valence-corrected chi connectivity index (χ4v) is 3.30. The van der Waals surface area contributed by atoms with E-state index in [1.54, 1.807) is 24.3 Å². The number of carboxylic acid groups (broad SMARTS) is 1. The highest BCUT2D eigenvalue weighted by Gasteiger charge is 2.36. The molecule has 1 heterocycles. The van der Waals surface area contributed by atoms with Crippen LogP contribution in [-0.2, 0) is 26.4 Å². The Morgan fingerprint density at radius 2 is 2.00 bits per heavy atom. The van der Waals surface area contributed by atoms with Crippen LogP contribution in [0.1, 0.15) is 30.0 Å². The van der Waals surface area contributed by atoms with Crippen LogP contribution in [0.4, 0.5) is 4.79 Å². The van der Waals surface area contributed by atoms with Gasteiger partial charge in [0.1, 0.15) is 0 Å². The van der Waals surface area contributed by atoms with Gasteiger partial charge in [-0.25, -0.2) is 9.00 Å². The zero-order valence-corrected chi connectivity index (χ0v) is 13.5. The third-order valence-electron chi connectivity index (χ3n) is 4.02. The van der Waals surface area contributed by atoms with Crippen molar-refractivity contribution in [2.24, 2.45) is 5.92 Å². The Balaban J connectivity index is 2.24. The minimum absolute atomic E-state index is 0.0312. The number of hydrogen-bond acceptors (Lipinski definition) is 4. The SMILES string of the molecule is COC(=O)N1CCC(C(=O)O)CC1c1ccc(CS(=O)O)cc1. The van der Waals surface area contributed by atoms with Crippen LogP contribution in [-0.4, -0.2) is 44.5 Å². The maximum absolute atomic E-state index is 11.9. The molecule has 0 saturated carbocycles. The van der Waals surface area contributed by atoms with E-state index in [4.69, 9.17) is 9.29 Å². The van der Waals surface area contributed by atoms with Crippen molar-refractivity contribution in [1.82, 2.24) is 4.90 Å². The molecule has 0 aromatic heterocycles. The molecule has 1 saturated heterocycles. The number of ether oxygens (including phenoxy) is 1. The molecular weight excluding hydrogens is 322 g/mol. The number of aliphatic carboxylic acids is 1. The monoisotopic (exact) mass is 341 g/mol. The van der Waals surface area contributed by atoms with Gasteiger partial charge in [-0.1, -0.05) is 24.3 Å². The van der Waals surface area contributed by atoms with Crippen LogP contribution in [0, 0.1) is 5.92 Å². The summed E-state index contributed by atoms with van der Waals surface area (Å²) in [5, 5.41) is 9.23. The second kappa shape index (κ2) is 7.56. The summed E-state index contributed by atoms with van der Waals surface area (Å²) in [5.74, 6) is -1.35. The molecule has 1 fully saturated rings. The summed E-state index contributed by atoms with van der Waals surface area (Å²) < 4.78 is 24.5. The summed E-state index contributed by atoms with van der Waals surface area (Å²) in [4.78, 5) is 24.7. The number of methoxy groups -OCH3 is 1. The predicted molar refractivity (Wildman–Crippen MR) is 83.1 cm³/mol. The van der Waals surface area contributed by atoms with Gasteiger partial charge < -0.3 is 19.3 Å². The topological polar surface area (TPSA) is 104 Å². The zero-order chi connectivity index (χ0) is 17.0. The number of likely N-dealkylation sites (tertiary alicyclic amines) is 1. The molecule has 0 spiro atoms. The van der Waals surface area contributed by atoms with Crippen LogP contribution < -0.4 is 0 Å². The molecule has 2 N–H and O–H groups in total. The molecule has 3 unspecified atom stereocenters. The largest absolute Gasteiger partial charge is 0.481 e. The van der Waals surface area contributed by atoms with E-state index >= 15 is 0 Å². The van der Waals surface area contributed by atoms with Gasteiger partial charge in [0.05, 0.1) is 24.8 Å². The van der Waals surface area contributed by atoms with Gasteiger partial charge in [-0.2, -0.15) is 0 Å². The number of hydrogen-bond donors (Lipinski definition) is 2. The second-order valence-corrected chi connectivity index (χ2v) is 6.38. The summed E-state index contributed by atoms with van der Waals surface area (Å²) in [6.07, 6.45) is 0.220. The van der Waals surface area contributed by atoms with Crippen LogP contribution in [0.2, 0.25) is 0 Å². The Kier molecular flexibility index (Phi) is 5.73. The quantitative estimate of drug-likeness (QED) is 0.812. The third kappa shape index (κ3) is 4.29. The maximum atomic E-state index is 11.9. The Morgan fingerprint density at radius 3 is 2.52 bits per heavy atom. The number of carboxylic acids is 1. The Labute approximate surface area is 136 Å². The van der Waals surface area contributed by atoms with E-state index in [0.29, 0.717) is 24.9 Å². The average molecular weight is 341 g/mol. The normalized spacial score (nSPS) is 22.4. The molecule has 0 aliphatic carbocycles. The molecule has 1 aliphatic rings. The minimum atomic E-state index is -1.92. The number of piperidine rings is 1. The third-order valence-corrected chi connectivity index (χ3v) is 4.60. The predicted octanol–water partition coefficient (Wildman–Crippen LogP) is 2.01. The Bertz CT molecular complexity index is 602. The highest BCUT2D eigenvalue weighted by Crippen LogP contribution is 2.35. The fourth-order valence-electron chi connectivity index (χ4n) is 2.82. The first-order valence-corrected chi connectivity index (χ1v) is 8.43. The number of amides is 1. The van der Waals surface area contributed by atoms with E-state index in [9.17, 15) is 18.9 Å². The molecule has 1 aromatic carbocycles. The molecule has 1 aliphatic heterocycles. The van der Waals surface area contributed by atoms with E-state index in [2.05, 4.69) is 0 Å². The molecule has 8 heteroatoms. The van der Waals surface area contributed by atoms with E-state index in [1.807, 2.05) is 0 Å². The summed E-state index contributed by atoms with van der Waals surface area (Å²) >= 11 is -1.92. The number of nitrogens with zero attached hydrogens (tertiary/aromatic N) is 1. The lowest BCUT2D eigenvalue weighted by molar-refractivity contribution is -0.144. The summed E-state index contributed by atoms with van der Waals surface area (Å²) in [6, 6.07) is 6.55. The first-order valence-electron chi connectivity index (χ1n) is 7.16. The van der Waals surface area contributed by atoms with Gasteiger partial charge in [0.15, 0.2) is 11.1 Å². The van der Waals surface area contributed by atoms with E-state index in [0.717, 1.165) is 5.56 Å².